The zero-order valence-corrected chi connectivity index (χ0v) is 20.5. The summed E-state index contributed by atoms with van der Waals surface area (Å²) in [6, 6.07) is 7.57. The number of pyridine rings is 2. The first-order valence-electron chi connectivity index (χ1n) is 12.2. The molecule has 0 bridgehead atoms. The third kappa shape index (κ3) is 5.48. The summed E-state index contributed by atoms with van der Waals surface area (Å²) in [7, 11) is 1.49. The summed E-state index contributed by atoms with van der Waals surface area (Å²) in [6.45, 7) is 1.22. The van der Waals surface area contributed by atoms with E-state index >= 15 is 0 Å². The van der Waals surface area contributed by atoms with Crippen LogP contribution in [-0.4, -0.2) is 47.1 Å². The maximum absolute atomic E-state index is 12.8. The van der Waals surface area contributed by atoms with E-state index in [0.29, 0.717) is 36.5 Å². The highest BCUT2D eigenvalue weighted by molar-refractivity contribution is 5.79. The van der Waals surface area contributed by atoms with Gasteiger partial charge in [0.15, 0.2) is 0 Å². The van der Waals surface area contributed by atoms with Gasteiger partial charge in [-0.25, -0.2) is 4.98 Å². The van der Waals surface area contributed by atoms with Gasteiger partial charge in [-0.3, -0.25) is 9.78 Å². The molecule has 2 aliphatic heterocycles. The van der Waals surface area contributed by atoms with Gasteiger partial charge in [-0.05, 0) is 42.7 Å². The number of methoxy groups -OCH3 is 1. The number of nitrogens with zero attached hydrogens (tertiary/aromatic N) is 5. The smallest absolute Gasteiger partial charge is 0.231 e. The number of anilines is 1. The van der Waals surface area contributed by atoms with E-state index in [-0.39, 0.29) is 17.9 Å². The Balaban J connectivity index is 1.30. The number of aromatic nitrogens is 2. The summed E-state index contributed by atoms with van der Waals surface area (Å²) in [4.78, 5) is 24.7. The zero-order valence-electron chi connectivity index (χ0n) is 20.5. The lowest BCUT2D eigenvalue weighted by molar-refractivity contribution is -0.129. The SMILES string of the molecule is COc1ncc(N2C=COC(C3=C(O[C@H]4CCN(C(=O)Cc5ccncc5)C4)C=CCC3)=C2)cc1C#N. The van der Waals surface area contributed by atoms with Crippen molar-refractivity contribution in [2.45, 2.75) is 31.8 Å². The van der Waals surface area contributed by atoms with Gasteiger partial charge in [0.2, 0.25) is 11.8 Å². The molecule has 2 aromatic rings. The Hall–Kier alpha value is -4.58. The number of carbonyl (C=O) groups excluding carboxylic acids is 1. The molecule has 188 valence electrons. The first-order valence-corrected chi connectivity index (χ1v) is 12.2. The van der Waals surface area contributed by atoms with E-state index < -0.39 is 0 Å². The molecule has 0 unspecified atom stereocenters. The molecule has 0 radical (unpaired) electrons. The molecule has 37 heavy (non-hydrogen) atoms. The van der Waals surface area contributed by atoms with Crippen LogP contribution in [0.1, 0.15) is 30.4 Å². The van der Waals surface area contributed by atoms with Gasteiger partial charge in [0.25, 0.3) is 0 Å². The monoisotopic (exact) mass is 497 g/mol. The lowest BCUT2D eigenvalue weighted by Gasteiger charge is -2.26. The lowest BCUT2D eigenvalue weighted by atomic mass is 10.0. The van der Waals surface area contributed by atoms with E-state index in [1.54, 1.807) is 37.1 Å². The Kier molecular flexibility index (Phi) is 7.17. The molecule has 1 atom stereocenters. The third-order valence-corrected chi connectivity index (χ3v) is 6.44. The van der Waals surface area contributed by atoms with Crippen molar-refractivity contribution in [2.24, 2.45) is 0 Å². The number of hydrogen-bond acceptors (Lipinski definition) is 8. The molecule has 1 saturated heterocycles. The minimum Gasteiger partial charge on any atom is -0.488 e. The van der Waals surface area contributed by atoms with Crippen LogP contribution in [0.25, 0.3) is 0 Å². The van der Waals surface area contributed by atoms with Crippen LogP contribution in [0, 0.1) is 11.3 Å². The molecule has 0 aromatic carbocycles. The second-order valence-electron chi connectivity index (χ2n) is 8.85. The van der Waals surface area contributed by atoms with Crippen molar-refractivity contribution in [3.8, 4) is 11.9 Å². The number of allylic oxidation sites excluding steroid dienone is 3. The van der Waals surface area contributed by atoms with Gasteiger partial charge in [0.05, 0.1) is 38.2 Å². The fraction of sp³-hybridized carbons (Fsp3) is 0.286. The normalized spacial score (nSPS) is 18.8. The quantitative estimate of drug-likeness (QED) is 0.567. The minimum atomic E-state index is -0.0889. The molecule has 1 aliphatic carbocycles. The zero-order chi connectivity index (χ0) is 25.6. The van der Waals surface area contributed by atoms with Crippen molar-refractivity contribution in [1.29, 1.82) is 5.26 Å². The molecule has 1 amide bonds. The molecular formula is C28H27N5O4. The highest BCUT2D eigenvalue weighted by Crippen LogP contribution is 2.33. The summed E-state index contributed by atoms with van der Waals surface area (Å²) in [5, 5.41) is 9.42. The Morgan fingerprint density at radius 2 is 2.19 bits per heavy atom. The van der Waals surface area contributed by atoms with Gasteiger partial charge in [-0.15, -0.1) is 0 Å². The average Bonchev–Trinajstić information content (AvgIpc) is 3.42. The molecule has 2 aromatic heterocycles. The maximum Gasteiger partial charge on any atom is 0.231 e. The van der Waals surface area contributed by atoms with Crippen LogP contribution in [0.2, 0.25) is 0 Å². The van der Waals surface area contributed by atoms with Gasteiger partial charge in [-0.2, -0.15) is 5.26 Å². The van der Waals surface area contributed by atoms with Gasteiger partial charge >= 0.3 is 0 Å². The van der Waals surface area contributed by atoms with E-state index in [2.05, 4.69) is 22.1 Å². The molecule has 9 nitrogen and oxygen atoms in total. The number of amides is 1. The summed E-state index contributed by atoms with van der Waals surface area (Å²) in [6.07, 6.45) is 17.0. The predicted octanol–water partition coefficient (Wildman–Crippen LogP) is 3.97. The van der Waals surface area contributed by atoms with Crippen LogP contribution < -0.4 is 9.64 Å². The van der Waals surface area contributed by atoms with E-state index in [1.807, 2.05) is 34.2 Å². The lowest BCUT2D eigenvalue weighted by Crippen LogP contribution is -2.31. The van der Waals surface area contributed by atoms with Gasteiger partial charge in [-0.1, -0.05) is 6.08 Å². The number of rotatable bonds is 7. The molecule has 0 spiro atoms. The second kappa shape index (κ2) is 11.0. The highest BCUT2D eigenvalue weighted by Gasteiger charge is 2.29. The Labute approximate surface area is 215 Å². The summed E-state index contributed by atoms with van der Waals surface area (Å²) in [5.74, 6) is 1.80. The molecule has 4 heterocycles. The van der Waals surface area contributed by atoms with Crippen LogP contribution >= 0.6 is 0 Å². The van der Waals surface area contributed by atoms with Crippen molar-refractivity contribution in [3.05, 3.63) is 95.8 Å². The number of hydrogen-bond donors (Lipinski definition) is 0. The Bertz CT molecular complexity index is 1330. The number of likely N-dealkylation sites (tertiary alicyclic amines) is 1. The Morgan fingerprint density at radius 1 is 1.32 bits per heavy atom. The molecule has 1 fully saturated rings. The van der Waals surface area contributed by atoms with Crippen LogP contribution in [0.3, 0.4) is 0 Å². The van der Waals surface area contributed by atoms with E-state index in [9.17, 15) is 10.1 Å². The fourth-order valence-electron chi connectivity index (χ4n) is 4.52. The largest absolute Gasteiger partial charge is 0.488 e. The van der Waals surface area contributed by atoms with Crippen LogP contribution in [0.4, 0.5) is 5.69 Å². The van der Waals surface area contributed by atoms with Crippen LogP contribution in [-0.2, 0) is 20.7 Å². The standard InChI is InChI=1S/C28H27N5O4/c1-35-28-21(16-29)15-22(17-31-28)32-12-13-36-26(19-32)24-4-2-3-5-25(24)37-23-8-11-33(18-23)27(34)14-20-6-9-30-10-7-20/h3,5-7,9-10,12-13,15,17,19,23H,2,4,8,11,14,18H2,1H3/t23-/m0/s1. The molecule has 3 aliphatic rings. The highest BCUT2D eigenvalue weighted by atomic mass is 16.5. The molecule has 0 saturated carbocycles. The van der Waals surface area contributed by atoms with Crippen molar-refractivity contribution < 1.29 is 19.0 Å². The topological polar surface area (TPSA) is 101 Å². The number of carbonyl (C=O) groups is 1. The van der Waals surface area contributed by atoms with Gasteiger partial charge < -0.3 is 24.0 Å². The number of ether oxygens (including phenoxy) is 3. The maximum atomic E-state index is 12.8. The van der Waals surface area contributed by atoms with Crippen molar-refractivity contribution in [2.75, 3.05) is 25.1 Å². The van der Waals surface area contributed by atoms with Crippen molar-refractivity contribution >= 4 is 11.6 Å². The van der Waals surface area contributed by atoms with Crippen molar-refractivity contribution in [1.82, 2.24) is 14.9 Å². The van der Waals surface area contributed by atoms with E-state index in [1.165, 1.54) is 7.11 Å². The van der Waals surface area contributed by atoms with Crippen molar-refractivity contribution in [3.63, 3.8) is 0 Å². The second-order valence-corrected chi connectivity index (χ2v) is 8.85. The first kappa shape index (κ1) is 24.1. The summed E-state index contributed by atoms with van der Waals surface area (Å²) in [5.41, 5.74) is 2.98. The summed E-state index contributed by atoms with van der Waals surface area (Å²) >= 11 is 0. The number of nitriles is 1. The molecule has 5 rings (SSSR count). The van der Waals surface area contributed by atoms with Gasteiger partial charge in [0, 0.05) is 37.1 Å². The van der Waals surface area contributed by atoms with E-state index in [0.717, 1.165) is 36.2 Å². The van der Waals surface area contributed by atoms with Crippen LogP contribution in [0.15, 0.2) is 84.7 Å². The van der Waals surface area contributed by atoms with Crippen LogP contribution in [0.5, 0.6) is 5.88 Å². The fourth-order valence-corrected chi connectivity index (χ4v) is 4.52. The molecule has 0 N–H and O–H groups in total. The van der Waals surface area contributed by atoms with E-state index in [4.69, 9.17) is 14.2 Å². The molecular weight excluding hydrogens is 470 g/mol. The van der Waals surface area contributed by atoms with Gasteiger partial charge in [0.1, 0.15) is 35.5 Å². The Morgan fingerprint density at radius 3 is 3.00 bits per heavy atom. The third-order valence-electron chi connectivity index (χ3n) is 6.44. The summed E-state index contributed by atoms with van der Waals surface area (Å²) < 4.78 is 17.4. The average molecular weight is 498 g/mol. The predicted molar refractivity (Wildman–Crippen MR) is 136 cm³/mol. The first-order chi connectivity index (χ1) is 18.1. The minimum absolute atomic E-state index is 0.0889. The molecule has 9 heteroatoms.